The average molecular weight is 492 g/mol. The lowest BCUT2D eigenvalue weighted by atomic mass is 10.2. The summed E-state index contributed by atoms with van der Waals surface area (Å²) < 4.78 is 14.6. The first-order valence-corrected chi connectivity index (χ1v) is 9.10. The quantitative estimate of drug-likeness (QED) is 0.220. The molecule has 114 valence electrons. The number of nitrogens with two attached hydrogens (primary N) is 1. The third-order valence-electron chi connectivity index (χ3n) is 2.65. The Hall–Kier alpha value is -0.930. The van der Waals surface area contributed by atoms with Crippen LogP contribution in [0.4, 0.5) is 4.39 Å². The Balaban J connectivity index is 1.97. The van der Waals surface area contributed by atoms with Gasteiger partial charge in [0.05, 0.1) is 14.3 Å². The summed E-state index contributed by atoms with van der Waals surface area (Å²) >= 11 is 6.47. The molecule has 0 aliphatic rings. The number of rotatable bonds is 4. The van der Waals surface area contributed by atoms with Crippen LogP contribution >= 0.6 is 50.3 Å². The van der Waals surface area contributed by atoms with Gasteiger partial charge in [-0.05, 0) is 50.2 Å². The molecule has 2 rings (SSSR count). The van der Waals surface area contributed by atoms with Gasteiger partial charge in [-0.1, -0.05) is 48.2 Å². The van der Waals surface area contributed by atoms with E-state index in [1.807, 2.05) is 52.9 Å². The first-order chi connectivity index (χ1) is 10.6. The van der Waals surface area contributed by atoms with Gasteiger partial charge in [-0.2, -0.15) is 5.10 Å². The van der Waals surface area contributed by atoms with Gasteiger partial charge in [0.25, 0.3) is 0 Å². The Morgan fingerprint density at radius 2 is 2.00 bits per heavy atom. The normalized spacial score (nSPS) is 12.0. The van der Waals surface area contributed by atoms with Crippen LogP contribution in [-0.2, 0) is 5.75 Å². The van der Waals surface area contributed by atoms with E-state index in [1.54, 1.807) is 12.1 Å². The molecule has 0 amide bonds. The van der Waals surface area contributed by atoms with E-state index in [0.717, 1.165) is 5.75 Å². The van der Waals surface area contributed by atoms with Crippen molar-refractivity contribution in [1.82, 2.24) is 0 Å². The molecule has 0 saturated carbocycles. The highest BCUT2D eigenvalue weighted by atomic mass is 127. The molecule has 2 N–H and O–H groups in total. The number of thioether (sulfide) groups is 1. The maximum absolute atomic E-state index is 13.7. The van der Waals surface area contributed by atoms with E-state index >= 15 is 0 Å². The molecular weight excluding hydrogens is 480 g/mol. The molecule has 0 atom stereocenters. The van der Waals surface area contributed by atoms with E-state index in [4.69, 9.17) is 5.73 Å². The number of nitrogens with zero attached hydrogens (tertiary/aromatic N) is 2. The Morgan fingerprint density at radius 3 is 2.73 bits per heavy atom. The second-order valence-electron chi connectivity index (χ2n) is 4.22. The van der Waals surface area contributed by atoms with Crippen molar-refractivity contribution in [3.63, 3.8) is 0 Å². The fourth-order valence-electron chi connectivity index (χ4n) is 1.55. The molecule has 3 nitrogen and oxygen atoms in total. The van der Waals surface area contributed by atoms with Crippen LogP contribution in [0.25, 0.3) is 0 Å². The summed E-state index contributed by atoms with van der Waals surface area (Å²) in [5, 5.41) is 8.20. The topological polar surface area (TPSA) is 50.7 Å². The highest BCUT2D eigenvalue weighted by Gasteiger charge is 2.07. The minimum atomic E-state index is -0.306. The predicted octanol–water partition coefficient (Wildman–Crippen LogP) is 4.77. The van der Waals surface area contributed by atoms with Crippen LogP contribution in [0, 0.1) is 9.39 Å². The maximum atomic E-state index is 13.7. The Morgan fingerprint density at radius 1 is 1.27 bits per heavy atom. The number of benzene rings is 2. The summed E-state index contributed by atoms with van der Waals surface area (Å²) in [6.45, 7) is 0. The molecule has 22 heavy (non-hydrogen) atoms. The Kier molecular flexibility index (Phi) is 6.84. The molecule has 0 radical (unpaired) electrons. The van der Waals surface area contributed by atoms with Crippen LogP contribution in [0.1, 0.15) is 11.1 Å². The molecule has 0 unspecified atom stereocenters. The molecule has 0 aromatic heterocycles. The van der Waals surface area contributed by atoms with Crippen molar-refractivity contribution in [3.8, 4) is 0 Å². The second kappa shape index (κ2) is 8.64. The van der Waals surface area contributed by atoms with Crippen LogP contribution in [0.2, 0.25) is 0 Å². The lowest BCUT2D eigenvalue weighted by Gasteiger charge is -2.01. The maximum Gasteiger partial charge on any atom is 0.180 e. The van der Waals surface area contributed by atoms with Gasteiger partial charge in [-0.25, -0.2) is 4.39 Å². The van der Waals surface area contributed by atoms with E-state index in [9.17, 15) is 4.39 Å². The summed E-state index contributed by atoms with van der Waals surface area (Å²) in [6.07, 6.45) is 1.49. The van der Waals surface area contributed by atoms with Crippen molar-refractivity contribution >= 4 is 61.7 Å². The van der Waals surface area contributed by atoms with E-state index < -0.39 is 0 Å². The summed E-state index contributed by atoms with van der Waals surface area (Å²) in [4.78, 5) is 0. The third-order valence-corrected chi connectivity index (χ3v) is 5.21. The minimum Gasteiger partial charge on any atom is -0.377 e. The van der Waals surface area contributed by atoms with Gasteiger partial charge >= 0.3 is 0 Å². The fraction of sp³-hybridized carbons (Fsp3) is 0.0667. The van der Waals surface area contributed by atoms with Crippen LogP contribution in [0.15, 0.2) is 57.1 Å². The molecule has 2 aromatic rings. The van der Waals surface area contributed by atoms with Crippen molar-refractivity contribution < 1.29 is 4.39 Å². The standard InChI is InChI=1S/C15H12BrFIN3S/c16-12-7-6-11(14(18)13(12)17)8-20-21-15(19)22-9-10-4-2-1-3-5-10/h1-8H,9H2,(H2,19,21). The van der Waals surface area contributed by atoms with Crippen LogP contribution in [0.5, 0.6) is 0 Å². The summed E-state index contributed by atoms with van der Waals surface area (Å²) in [7, 11) is 0. The summed E-state index contributed by atoms with van der Waals surface area (Å²) in [5.74, 6) is 0.427. The fourth-order valence-corrected chi connectivity index (χ4v) is 3.47. The minimum absolute atomic E-state index is 0.306. The molecule has 0 spiro atoms. The van der Waals surface area contributed by atoms with Crippen molar-refractivity contribution in [2.45, 2.75) is 5.75 Å². The smallest absolute Gasteiger partial charge is 0.180 e. The first kappa shape index (κ1) is 17.4. The van der Waals surface area contributed by atoms with Crippen molar-refractivity contribution in [2.24, 2.45) is 15.9 Å². The second-order valence-corrected chi connectivity index (χ2v) is 7.15. The zero-order valence-corrected chi connectivity index (χ0v) is 15.9. The largest absolute Gasteiger partial charge is 0.377 e. The molecule has 0 aliphatic carbocycles. The van der Waals surface area contributed by atoms with Gasteiger partial charge in [0.2, 0.25) is 0 Å². The summed E-state index contributed by atoms with van der Waals surface area (Å²) in [5.41, 5.74) is 7.62. The van der Waals surface area contributed by atoms with Crippen LogP contribution < -0.4 is 5.73 Å². The van der Waals surface area contributed by atoms with Gasteiger partial charge < -0.3 is 5.73 Å². The monoisotopic (exact) mass is 491 g/mol. The first-order valence-electron chi connectivity index (χ1n) is 6.24. The van der Waals surface area contributed by atoms with Gasteiger partial charge in [0.1, 0.15) is 0 Å². The van der Waals surface area contributed by atoms with Crippen LogP contribution in [-0.4, -0.2) is 11.4 Å². The lowest BCUT2D eigenvalue weighted by Crippen LogP contribution is -2.06. The van der Waals surface area contributed by atoms with E-state index in [-0.39, 0.29) is 5.82 Å². The molecule has 0 heterocycles. The van der Waals surface area contributed by atoms with E-state index in [1.165, 1.54) is 23.5 Å². The molecular formula is C15H12BrFIN3S. The average Bonchev–Trinajstić information content (AvgIpc) is 2.54. The van der Waals surface area contributed by atoms with Gasteiger partial charge in [-0.15, -0.1) is 5.10 Å². The number of hydrogen-bond acceptors (Lipinski definition) is 3. The van der Waals surface area contributed by atoms with Gasteiger partial charge in [0, 0.05) is 11.3 Å². The molecule has 0 saturated heterocycles. The Labute approximate surface area is 154 Å². The number of hydrogen-bond donors (Lipinski definition) is 1. The zero-order chi connectivity index (χ0) is 15.9. The SMILES string of the molecule is NC(=NN=Cc1ccc(Br)c(F)c1I)SCc1ccccc1. The third kappa shape index (κ3) is 5.06. The van der Waals surface area contributed by atoms with Crippen LogP contribution in [0.3, 0.4) is 0 Å². The molecule has 0 aliphatic heterocycles. The zero-order valence-electron chi connectivity index (χ0n) is 11.3. The van der Waals surface area contributed by atoms with E-state index in [0.29, 0.717) is 18.8 Å². The predicted molar refractivity (Wildman–Crippen MR) is 104 cm³/mol. The molecule has 2 aromatic carbocycles. The van der Waals surface area contributed by atoms with Gasteiger partial charge in [0.15, 0.2) is 11.0 Å². The molecule has 0 fully saturated rings. The Bertz CT molecular complexity index is 707. The van der Waals surface area contributed by atoms with Crippen molar-refractivity contribution in [3.05, 3.63) is 67.5 Å². The van der Waals surface area contributed by atoms with Crippen molar-refractivity contribution in [2.75, 3.05) is 0 Å². The number of halogens is 3. The highest BCUT2D eigenvalue weighted by Crippen LogP contribution is 2.23. The number of amidine groups is 1. The summed E-state index contributed by atoms with van der Waals surface area (Å²) in [6, 6.07) is 13.4. The highest BCUT2D eigenvalue weighted by molar-refractivity contribution is 14.1. The molecule has 7 heteroatoms. The van der Waals surface area contributed by atoms with Crippen molar-refractivity contribution in [1.29, 1.82) is 0 Å². The lowest BCUT2D eigenvalue weighted by molar-refractivity contribution is 0.613. The molecule has 0 bridgehead atoms. The van der Waals surface area contributed by atoms with Gasteiger partial charge in [-0.3, -0.25) is 0 Å². The van der Waals surface area contributed by atoms with E-state index in [2.05, 4.69) is 26.1 Å².